The molecule has 1 amide bonds. The van der Waals surface area contributed by atoms with E-state index in [0.717, 1.165) is 0 Å². The molecule has 1 aromatic rings. The van der Waals surface area contributed by atoms with Crippen LogP contribution in [0, 0.1) is 10.1 Å². The molecular weight excluding hydrogens is 276 g/mol. The number of carbonyl (C=O) groups excluding carboxylic acids is 1. The van der Waals surface area contributed by atoms with Gasteiger partial charge in [0, 0.05) is 29.1 Å². The van der Waals surface area contributed by atoms with Crippen molar-refractivity contribution < 1.29 is 9.72 Å². The number of nitro groups is 1. The van der Waals surface area contributed by atoms with Crippen molar-refractivity contribution in [2.75, 3.05) is 6.54 Å². The van der Waals surface area contributed by atoms with Gasteiger partial charge in [-0.05, 0) is 12.1 Å². The highest BCUT2D eigenvalue weighted by Crippen LogP contribution is 2.11. The number of halogens is 1. The minimum absolute atomic E-state index is 0.0228. The van der Waals surface area contributed by atoms with Crippen LogP contribution in [0.2, 0.25) is 0 Å². The van der Waals surface area contributed by atoms with E-state index in [1.54, 1.807) is 0 Å². The Morgan fingerprint density at radius 3 is 2.50 bits per heavy atom. The Morgan fingerprint density at radius 1 is 1.50 bits per heavy atom. The second-order valence-electron chi connectivity index (χ2n) is 3.29. The fourth-order valence-corrected chi connectivity index (χ4v) is 1.23. The van der Waals surface area contributed by atoms with E-state index in [9.17, 15) is 14.9 Å². The van der Waals surface area contributed by atoms with Crippen molar-refractivity contribution in [1.29, 1.82) is 0 Å². The zero-order valence-electron chi connectivity index (χ0n) is 8.64. The van der Waals surface area contributed by atoms with Gasteiger partial charge in [0.05, 0.1) is 4.92 Å². The monoisotopic (exact) mass is 286 g/mol. The molecule has 0 fully saturated rings. The van der Waals surface area contributed by atoms with Gasteiger partial charge in [-0.15, -0.1) is 0 Å². The first-order valence-corrected chi connectivity index (χ1v) is 5.59. The van der Waals surface area contributed by atoms with Gasteiger partial charge in [0.15, 0.2) is 0 Å². The number of nitrogens with one attached hydrogen (secondary N) is 1. The van der Waals surface area contributed by atoms with Crippen LogP contribution in [0.4, 0.5) is 5.69 Å². The first kappa shape index (κ1) is 12.6. The Hall–Kier alpha value is -1.43. The second kappa shape index (κ2) is 5.60. The summed E-state index contributed by atoms with van der Waals surface area (Å²) >= 11 is 3.30. The lowest BCUT2D eigenvalue weighted by Crippen LogP contribution is -2.28. The van der Waals surface area contributed by atoms with E-state index in [4.69, 9.17) is 0 Å². The summed E-state index contributed by atoms with van der Waals surface area (Å²) in [6.45, 7) is 2.42. The molecule has 1 atom stereocenters. The molecule has 1 N–H and O–H groups in total. The van der Waals surface area contributed by atoms with Crippen molar-refractivity contribution in [3.05, 3.63) is 39.9 Å². The molecule has 0 spiro atoms. The zero-order valence-corrected chi connectivity index (χ0v) is 10.2. The van der Waals surface area contributed by atoms with Gasteiger partial charge in [-0.2, -0.15) is 0 Å². The maximum absolute atomic E-state index is 11.5. The number of nitro benzene ring substituents is 1. The van der Waals surface area contributed by atoms with Crippen molar-refractivity contribution in [3.8, 4) is 0 Å². The molecule has 0 aliphatic carbocycles. The molecule has 1 rings (SSSR count). The van der Waals surface area contributed by atoms with Crippen molar-refractivity contribution in [3.63, 3.8) is 0 Å². The lowest BCUT2D eigenvalue weighted by Gasteiger charge is -2.06. The van der Waals surface area contributed by atoms with Crippen LogP contribution in [0.3, 0.4) is 0 Å². The van der Waals surface area contributed by atoms with Gasteiger partial charge in [0.25, 0.3) is 11.6 Å². The number of amides is 1. The minimum atomic E-state index is -0.498. The zero-order chi connectivity index (χ0) is 12.1. The van der Waals surface area contributed by atoms with E-state index in [-0.39, 0.29) is 16.4 Å². The van der Waals surface area contributed by atoms with Crippen LogP contribution in [-0.4, -0.2) is 22.2 Å². The normalized spacial score (nSPS) is 11.9. The van der Waals surface area contributed by atoms with Crippen molar-refractivity contribution >= 4 is 27.5 Å². The van der Waals surface area contributed by atoms with Gasteiger partial charge in [-0.25, -0.2) is 0 Å². The van der Waals surface area contributed by atoms with Crippen LogP contribution in [0.5, 0.6) is 0 Å². The van der Waals surface area contributed by atoms with Crippen LogP contribution in [-0.2, 0) is 0 Å². The van der Waals surface area contributed by atoms with Gasteiger partial charge < -0.3 is 5.32 Å². The number of carbonyl (C=O) groups is 1. The molecule has 1 aromatic carbocycles. The smallest absolute Gasteiger partial charge is 0.269 e. The highest BCUT2D eigenvalue weighted by molar-refractivity contribution is 9.09. The first-order chi connectivity index (χ1) is 7.50. The number of nitrogens with zero attached hydrogens (tertiary/aromatic N) is 1. The summed E-state index contributed by atoms with van der Waals surface area (Å²) in [6.07, 6.45) is 0. The van der Waals surface area contributed by atoms with Crippen LogP contribution in [0.25, 0.3) is 0 Å². The summed E-state index contributed by atoms with van der Waals surface area (Å²) < 4.78 is 0. The molecule has 0 aromatic heterocycles. The molecule has 0 aliphatic rings. The maximum Gasteiger partial charge on any atom is 0.269 e. The van der Waals surface area contributed by atoms with E-state index in [1.807, 2.05) is 6.92 Å². The van der Waals surface area contributed by atoms with Crippen molar-refractivity contribution in [1.82, 2.24) is 5.32 Å². The van der Waals surface area contributed by atoms with Crippen LogP contribution in [0.1, 0.15) is 17.3 Å². The summed E-state index contributed by atoms with van der Waals surface area (Å²) in [5.74, 6) is -0.235. The number of hydrogen-bond donors (Lipinski definition) is 1. The van der Waals surface area contributed by atoms with Crippen LogP contribution >= 0.6 is 15.9 Å². The topological polar surface area (TPSA) is 72.2 Å². The molecule has 5 nitrogen and oxygen atoms in total. The van der Waals surface area contributed by atoms with Gasteiger partial charge in [-0.3, -0.25) is 14.9 Å². The Kier molecular flexibility index (Phi) is 4.42. The first-order valence-electron chi connectivity index (χ1n) is 4.67. The molecule has 0 aliphatic heterocycles. The predicted octanol–water partition coefficient (Wildman–Crippen LogP) is 2.11. The molecule has 6 heteroatoms. The molecule has 0 unspecified atom stereocenters. The number of hydrogen-bond acceptors (Lipinski definition) is 3. The van der Waals surface area contributed by atoms with Gasteiger partial charge in [-0.1, -0.05) is 22.9 Å². The van der Waals surface area contributed by atoms with E-state index < -0.39 is 4.92 Å². The number of rotatable bonds is 4. The third-order valence-corrected chi connectivity index (χ3v) is 2.21. The number of non-ortho nitro benzene ring substituents is 1. The number of alkyl halides is 1. The maximum atomic E-state index is 11.5. The highest BCUT2D eigenvalue weighted by Gasteiger charge is 2.09. The molecular formula is C10H11BrN2O3. The number of benzene rings is 1. The largest absolute Gasteiger partial charge is 0.351 e. The van der Waals surface area contributed by atoms with E-state index in [0.29, 0.717) is 12.1 Å². The Balaban J connectivity index is 2.67. The molecule has 0 saturated carbocycles. The minimum Gasteiger partial charge on any atom is -0.351 e. The average molecular weight is 287 g/mol. The molecule has 16 heavy (non-hydrogen) atoms. The Bertz CT molecular complexity index is 390. The second-order valence-corrected chi connectivity index (χ2v) is 4.86. The Labute approximate surface area is 101 Å². The average Bonchev–Trinajstić information content (AvgIpc) is 2.26. The molecule has 0 heterocycles. The van der Waals surface area contributed by atoms with E-state index in [1.165, 1.54) is 24.3 Å². The molecule has 0 bridgehead atoms. The quantitative estimate of drug-likeness (QED) is 0.523. The summed E-state index contributed by atoms with van der Waals surface area (Å²) in [7, 11) is 0. The molecule has 0 radical (unpaired) electrons. The van der Waals surface area contributed by atoms with E-state index >= 15 is 0 Å². The summed E-state index contributed by atoms with van der Waals surface area (Å²) in [6, 6.07) is 5.50. The van der Waals surface area contributed by atoms with Crippen molar-refractivity contribution in [2.45, 2.75) is 11.8 Å². The third kappa shape index (κ3) is 3.62. The third-order valence-electron chi connectivity index (χ3n) is 1.88. The highest BCUT2D eigenvalue weighted by atomic mass is 79.9. The SMILES string of the molecule is C[C@@H](Br)CNC(=O)c1ccc([N+](=O)[O-])cc1. The van der Waals surface area contributed by atoms with Crippen LogP contribution in [0.15, 0.2) is 24.3 Å². The standard InChI is InChI=1S/C10H11BrN2O3/c1-7(11)6-12-10(14)8-2-4-9(5-3-8)13(15)16/h2-5,7H,6H2,1H3,(H,12,14)/t7-/m1/s1. The Morgan fingerprint density at radius 2 is 2.06 bits per heavy atom. The van der Waals surface area contributed by atoms with Gasteiger partial charge >= 0.3 is 0 Å². The predicted molar refractivity (Wildman–Crippen MR) is 63.8 cm³/mol. The molecule has 86 valence electrons. The lowest BCUT2D eigenvalue weighted by molar-refractivity contribution is -0.384. The van der Waals surface area contributed by atoms with Crippen LogP contribution < -0.4 is 5.32 Å². The lowest BCUT2D eigenvalue weighted by atomic mass is 10.2. The summed E-state index contributed by atoms with van der Waals surface area (Å²) in [5, 5.41) is 13.1. The summed E-state index contributed by atoms with van der Waals surface area (Å²) in [5.41, 5.74) is 0.393. The van der Waals surface area contributed by atoms with Crippen molar-refractivity contribution in [2.24, 2.45) is 0 Å². The fraction of sp³-hybridized carbons (Fsp3) is 0.300. The van der Waals surface area contributed by atoms with Gasteiger partial charge in [0.1, 0.15) is 0 Å². The van der Waals surface area contributed by atoms with E-state index in [2.05, 4.69) is 21.2 Å². The van der Waals surface area contributed by atoms with Gasteiger partial charge in [0.2, 0.25) is 0 Å². The molecule has 0 saturated heterocycles. The fourth-order valence-electron chi connectivity index (χ4n) is 1.07. The summed E-state index contributed by atoms with van der Waals surface area (Å²) in [4.78, 5) is 21.6.